The molecule has 0 atom stereocenters. The number of furan rings is 1. The van der Waals surface area contributed by atoms with Gasteiger partial charge in [-0.1, -0.05) is 85.5 Å². The van der Waals surface area contributed by atoms with Crippen molar-refractivity contribution < 1.29 is 13.4 Å². The van der Waals surface area contributed by atoms with Gasteiger partial charge in [-0.05, 0) is 54.3 Å². The molecule has 0 aliphatic rings. The second kappa shape index (κ2) is 9.32. The summed E-state index contributed by atoms with van der Waals surface area (Å²) in [6.07, 6.45) is 2.11. The third-order valence-corrected chi connectivity index (χ3v) is 9.83. The first kappa shape index (κ1) is 25.3. The summed E-state index contributed by atoms with van der Waals surface area (Å²) in [5.74, 6) is -0.284. The van der Waals surface area contributed by atoms with Crippen molar-refractivity contribution in [3.05, 3.63) is 108 Å². The molecular formula is C35H33FNOSi+. The van der Waals surface area contributed by atoms with Crippen molar-refractivity contribution in [2.24, 2.45) is 7.05 Å². The third-order valence-electron chi connectivity index (χ3n) is 7.76. The maximum Gasteiger partial charge on any atom is 0.216 e. The van der Waals surface area contributed by atoms with Crippen LogP contribution in [-0.4, -0.2) is 8.07 Å². The highest BCUT2D eigenvalue weighted by Crippen LogP contribution is 2.41. The SMILES string of the molecule is Cc1ccc(-c2c(C)ccc3c2oc2c(-c4ccc(-c5ccc([Si](C)(C)C)cc5)cc4)c(F)ccc23)[n+](C)c1. The fourth-order valence-electron chi connectivity index (χ4n) is 5.56. The molecule has 0 amide bonds. The van der Waals surface area contributed by atoms with Crippen molar-refractivity contribution in [3.63, 3.8) is 0 Å². The molecule has 6 aromatic rings. The second-order valence-corrected chi connectivity index (χ2v) is 16.7. The lowest BCUT2D eigenvalue weighted by molar-refractivity contribution is -0.660. The summed E-state index contributed by atoms with van der Waals surface area (Å²) in [5.41, 5.74) is 9.36. The summed E-state index contributed by atoms with van der Waals surface area (Å²) >= 11 is 0. The van der Waals surface area contributed by atoms with Gasteiger partial charge in [-0.25, -0.2) is 8.96 Å². The van der Waals surface area contributed by atoms with Crippen LogP contribution in [0.5, 0.6) is 0 Å². The fourth-order valence-corrected chi connectivity index (χ4v) is 6.73. The van der Waals surface area contributed by atoms with Gasteiger partial charge in [0.05, 0.1) is 19.2 Å². The van der Waals surface area contributed by atoms with E-state index in [1.54, 1.807) is 6.07 Å². The number of nitrogens with zero attached hydrogens (tertiary/aromatic N) is 1. The van der Waals surface area contributed by atoms with Crippen LogP contribution in [0, 0.1) is 19.7 Å². The van der Waals surface area contributed by atoms with E-state index in [0.717, 1.165) is 49.9 Å². The molecule has 0 N–H and O–H groups in total. The molecule has 0 aliphatic heterocycles. The maximum atomic E-state index is 15.5. The van der Waals surface area contributed by atoms with E-state index in [1.165, 1.54) is 10.8 Å². The molecule has 2 nitrogen and oxygen atoms in total. The maximum absolute atomic E-state index is 15.5. The third kappa shape index (κ3) is 4.39. The van der Waals surface area contributed by atoms with Gasteiger partial charge in [0, 0.05) is 22.4 Å². The zero-order chi connectivity index (χ0) is 27.5. The Morgan fingerprint density at radius 1 is 0.641 bits per heavy atom. The molecule has 0 saturated carbocycles. The average Bonchev–Trinajstić information content (AvgIpc) is 3.27. The van der Waals surface area contributed by atoms with Crippen LogP contribution in [-0.2, 0) is 7.05 Å². The fraction of sp³-hybridized carbons (Fsp3) is 0.171. The molecule has 4 heteroatoms. The molecule has 0 fully saturated rings. The molecule has 6 rings (SSSR count). The van der Waals surface area contributed by atoms with Crippen LogP contribution in [0.15, 0.2) is 95.5 Å². The second-order valence-electron chi connectivity index (χ2n) is 11.6. The lowest BCUT2D eigenvalue weighted by Gasteiger charge is -2.16. The number of aryl methyl sites for hydroxylation is 3. The minimum absolute atomic E-state index is 0.284. The van der Waals surface area contributed by atoms with Gasteiger partial charge in [0.1, 0.15) is 24.0 Å². The highest BCUT2D eigenvalue weighted by atomic mass is 28.3. The molecule has 0 aliphatic carbocycles. The number of aromatic nitrogens is 1. The van der Waals surface area contributed by atoms with Gasteiger partial charge in [-0.2, -0.15) is 0 Å². The summed E-state index contributed by atoms with van der Waals surface area (Å²) in [4.78, 5) is 0. The van der Waals surface area contributed by atoms with Gasteiger partial charge < -0.3 is 4.42 Å². The number of rotatable bonds is 4. The van der Waals surface area contributed by atoms with Gasteiger partial charge in [0.25, 0.3) is 0 Å². The Balaban J connectivity index is 1.49. The minimum atomic E-state index is -1.35. The number of pyridine rings is 1. The standard InChI is InChI=1S/C35H33FNOSi/c1-22-7-20-31(37(3)21-22)32-23(2)8-17-28-29-18-19-30(36)33(35(29)38-34(28)32)26-11-9-24(10-12-26)25-13-15-27(16-14-25)39(4,5)6/h7-21H,1-6H3/q+1. The quantitative estimate of drug-likeness (QED) is 0.165. The van der Waals surface area contributed by atoms with E-state index in [-0.39, 0.29) is 5.82 Å². The Kier molecular flexibility index (Phi) is 6.04. The van der Waals surface area contributed by atoms with Crippen molar-refractivity contribution in [1.82, 2.24) is 0 Å². The largest absolute Gasteiger partial charge is 0.454 e. The summed E-state index contributed by atoms with van der Waals surface area (Å²) in [6.45, 7) is 11.2. The van der Waals surface area contributed by atoms with Gasteiger partial charge in [0.15, 0.2) is 6.20 Å². The molecule has 0 radical (unpaired) electrons. The molecule has 4 aromatic carbocycles. The van der Waals surface area contributed by atoms with E-state index < -0.39 is 8.07 Å². The Labute approximate surface area is 230 Å². The summed E-state index contributed by atoms with van der Waals surface area (Å²) < 4.78 is 24.2. The molecule has 194 valence electrons. The summed E-state index contributed by atoms with van der Waals surface area (Å²) in [6, 6.07) is 28.9. The van der Waals surface area contributed by atoms with Crippen LogP contribution >= 0.6 is 0 Å². The zero-order valence-electron chi connectivity index (χ0n) is 23.4. The Bertz CT molecular complexity index is 1860. The van der Waals surface area contributed by atoms with Crippen molar-refractivity contribution in [3.8, 4) is 33.5 Å². The van der Waals surface area contributed by atoms with E-state index in [0.29, 0.717) is 11.1 Å². The lowest BCUT2D eigenvalue weighted by Crippen LogP contribution is -2.37. The van der Waals surface area contributed by atoms with E-state index >= 15 is 4.39 Å². The number of hydrogen-bond acceptors (Lipinski definition) is 1. The normalized spacial score (nSPS) is 12.0. The molecule has 0 saturated heterocycles. The minimum Gasteiger partial charge on any atom is -0.454 e. The summed E-state index contributed by atoms with van der Waals surface area (Å²) in [5, 5.41) is 3.35. The first-order chi connectivity index (χ1) is 18.6. The number of benzene rings is 4. The molecule has 0 bridgehead atoms. The summed E-state index contributed by atoms with van der Waals surface area (Å²) in [7, 11) is 0.704. The Morgan fingerprint density at radius 3 is 1.82 bits per heavy atom. The van der Waals surface area contributed by atoms with E-state index in [1.807, 2.05) is 18.2 Å². The monoisotopic (exact) mass is 530 g/mol. The Morgan fingerprint density at radius 2 is 1.21 bits per heavy atom. The van der Waals surface area contributed by atoms with Crippen molar-refractivity contribution >= 4 is 35.2 Å². The zero-order valence-corrected chi connectivity index (χ0v) is 24.4. The predicted molar refractivity (Wildman–Crippen MR) is 164 cm³/mol. The van der Waals surface area contributed by atoms with Gasteiger partial charge >= 0.3 is 0 Å². The highest BCUT2D eigenvalue weighted by molar-refractivity contribution is 6.88. The van der Waals surface area contributed by atoms with Crippen molar-refractivity contribution in [2.45, 2.75) is 33.5 Å². The molecule has 0 spiro atoms. The lowest BCUT2D eigenvalue weighted by atomic mass is 9.97. The van der Waals surface area contributed by atoms with Crippen LogP contribution in [0.1, 0.15) is 11.1 Å². The van der Waals surface area contributed by atoms with Crippen LogP contribution in [0.4, 0.5) is 4.39 Å². The highest BCUT2D eigenvalue weighted by Gasteiger charge is 2.23. The van der Waals surface area contributed by atoms with E-state index in [9.17, 15) is 0 Å². The topological polar surface area (TPSA) is 17.0 Å². The van der Waals surface area contributed by atoms with Gasteiger partial charge in [-0.3, -0.25) is 0 Å². The van der Waals surface area contributed by atoms with Gasteiger partial charge in [-0.15, -0.1) is 0 Å². The molecule has 39 heavy (non-hydrogen) atoms. The first-order valence-corrected chi connectivity index (χ1v) is 16.9. The molecule has 2 aromatic heterocycles. The van der Waals surface area contributed by atoms with Crippen molar-refractivity contribution in [1.29, 1.82) is 0 Å². The van der Waals surface area contributed by atoms with Crippen LogP contribution in [0.2, 0.25) is 19.6 Å². The predicted octanol–water partition coefficient (Wildman–Crippen LogP) is 8.71. The molecule has 2 heterocycles. The number of fused-ring (bicyclic) bond motifs is 3. The molecular weight excluding hydrogens is 497 g/mol. The van der Waals surface area contributed by atoms with Crippen LogP contribution in [0.3, 0.4) is 0 Å². The van der Waals surface area contributed by atoms with E-state index in [2.05, 4.69) is 112 Å². The van der Waals surface area contributed by atoms with Crippen LogP contribution < -0.4 is 9.75 Å². The smallest absolute Gasteiger partial charge is 0.216 e. The molecule has 0 unspecified atom stereocenters. The van der Waals surface area contributed by atoms with Crippen LogP contribution in [0.25, 0.3) is 55.4 Å². The average molecular weight is 531 g/mol. The number of hydrogen-bond donors (Lipinski definition) is 0. The Hall–Kier alpha value is -4.02. The van der Waals surface area contributed by atoms with Gasteiger partial charge in [0.2, 0.25) is 5.69 Å². The van der Waals surface area contributed by atoms with E-state index in [4.69, 9.17) is 4.42 Å². The number of halogens is 1. The first-order valence-electron chi connectivity index (χ1n) is 13.4. The van der Waals surface area contributed by atoms with Crippen molar-refractivity contribution in [2.75, 3.05) is 0 Å².